The summed E-state index contributed by atoms with van der Waals surface area (Å²) in [6.45, 7) is 2.19. The van der Waals surface area contributed by atoms with Crippen molar-refractivity contribution in [2.24, 2.45) is 5.92 Å². The van der Waals surface area contributed by atoms with Crippen molar-refractivity contribution in [1.29, 1.82) is 0 Å². The van der Waals surface area contributed by atoms with Crippen LogP contribution >= 0.6 is 11.6 Å². The normalized spacial score (nSPS) is 24.6. The minimum atomic E-state index is -0.111. The van der Waals surface area contributed by atoms with E-state index in [1.807, 2.05) is 0 Å². The average molecular weight is 267 g/mol. The highest BCUT2D eigenvalue weighted by molar-refractivity contribution is 6.28. The SMILES string of the molecule is CC1CCCCC1n1c(=O)[nH]c2cnc(Cl)nc21. The number of nitrogens with one attached hydrogen (secondary N) is 1. The molecule has 6 heteroatoms. The zero-order valence-electron chi connectivity index (χ0n) is 10.2. The molecule has 1 aliphatic rings. The second-order valence-corrected chi connectivity index (χ2v) is 5.34. The van der Waals surface area contributed by atoms with Crippen molar-refractivity contribution in [3.8, 4) is 0 Å². The molecule has 2 aromatic rings. The molecule has 96 valence electrons. The van der Waals surface area contributed by atoms with Gasteiger partial charge < -0.3 is 4.98 Å². The van der Waals surface area contributed by atoms with Crippen LogP contribution in [0.15, 0.2) is 11.0 Å². The Morgan fingerprint density at radius 1 is 1.44 bits per heavy atom. The van der Waals surface area contributed by atoms with Crippen LogP contribution in [0.2, 0.25) is 5.28 Å². The molecule has 0 saturated heterocycles. The number of aromatic amines is 1. The summed E-state index contributed by atoms with van der Waals surface area (Å²) in [4.78, 5) is 23.0. The largest absolute Gasteiger partial charge is 0.327 e. The summed E-state index contributed by atoms with van der Waals surface area (Å²) in [5.41, 5.74) is 1.17. The maximum Gasteiger partial charge on any atom is 0.327 e. The lowest BCUT2D eigenvalue weighted by Gasteiger charge is -2.29. The minimum Gasteiger partial charge on any atom is -0.303 e. The van der Waals surface area contributed by atoms with Gasteiger partial charge in [-0.15, -0.1) is 0 Å². The van der Waals surface area contributed by atoms with Gasteiger partial charge in [0.2, 0.25) is 5.28 Å². The van der Waals surface area contributed by atoms with Gasteiger partial charge in [0.15, 0.2) is 5.65 Å². The summed E-state index contributed by atoms with van der Waals surface area (Å²) >= 11 is 5.82. The third kappa shape index (κ3) is 1.82. The van der Waals surface area contributed by atoms with Gasteiger partial charge in [-0.1, -0.05) is 19.8 Å². The van der Waals surface area contributed by atoms with Crippen LogP contribution in [0.5, 0.6) is 0 Å². The molecule has 18 heavy (non-hydrogen) atoms. The van der Waals surface area contributed by atoms with Crippen LogP contribution in [0.25, 0.3) is 11.2 Å². The van der Waals surface area contributed by atoms with E-state index in [2.05, 4.69) is 21.9 Å². The van der Waals surface area contributed by atoms with Crippen molar-refractivity contribution in [2.75, 3.05) is 0 Å². The standard InChI is InChI=1S/C12H15ClN4O/c1-7-4-2-3-5-9(7)17-10-8(15-12(17)18)6-14-11(13)16-10/h6-7,9H,2-5H2,1H3,(H,15,18). The second-order valence-electron chi connectivity index (χ2n) is 5.01. The number of imidazole rings is 1. The van der Waals surface area contributed by atoms with Gasteiger partial charge in [0.05, 0.1) is 6.20 Å². The molecule has 2 heterocycles. The van der Waals surface area contributed by atoms with Crippen LogP contribution in [0.4, 0.5) is 0 Å². The lowest BCUT2D eigenvalue weighted by Crippen LogP contribution is -2.29. The van der Waals surface area contributed by atoms with Crippen LogP contribution < -0.4 is 5.69 Å². The van der Waals surface area contributed by atoms with Gasteiger partial charge in [-0.2, -0.15) is 4.98 Å². The van der Waals surface area contributed by atoms with Crippen molar-refractivity contribution >= 4 is 22.8 Å². The van der Waals surface area contributed by atoms with Crippen LogP contribution in [0.1, 0.15) is 38.6 Å². The second kappa shape index (κ2) is 4.39. The lowest BCUT2D eigenvalue weighted by molar-refractivity contribution is 0.257. The van der Waals surface area contributed by atoms with Crippen LogP contribution in [0, 0.1) is 5.92 Å². The summed E-state index contributed by atoms with van der Waals surface area (Å²) in [6.07, 6.45) is 6.14. The highest BCUT2D eigenvalue weighted by Crippen LogP contribution is 2.33. The van der Waals surface area contributed by atoms with Gasteiger partial charge in [-0.05, 0) is 30.4 Å². The molecule has 2 aromatic heterocycles. The first kappa shape index (κ1) is 11.7. The first-order valence-corrected chi connectivity index (χ1v) is 6.67. The molecule has 3 rings (SSSR count). The summed E-state index contributed by atoms with van der Waals surface area (Å²) in [6, 6.07) is 0.214. The Kier molecular flexibility index (Phi) is 2.86. The van der Waals surface area contributed by atoms with E-state index in [0.29, 0.717) is 17.1 Å². The Morgan fingerprint density at radius 3 is 3.00 bits per heavy atom. The monoisotopic (exact) mass is 266 g/mol. The van der Waals surface area contributed by atoms with Gasteiger partial charge >= 0.3 is 5.69 Å². The maximum absolute atomic E-state index is 12.1. The number of H-pyrrole nitrogens is 1. The fraction of sp³-hybridized carbons (Fsp3) is 0.583. The molecule has 0 aromatic carbocycles. The zero-order valence-corrected chi connectivity index (χ0v) is 10.9. The molecule has 2 unspecified atom stereocenters. The molecule has 1 saturated carbocycles. The molecule has 0 spiro atoms. The van der Waals surface area contributed by atoms with E-state index < -0.39 is 0 Å². The number of halogens is 1. The van der Waals surface area contributed by atoms with Gasteiger partial charge in [0.1, 0.15) is 5.52 Å². The summed E-state index contributed by atoms with van der Waals surface area (Å²) in [5.74, 6) is 0.490. The molecule has 5 nitrogen and oxygen atoms in total. The number of fused-ring (bicyclic) bond motifs is 1. The van der Waals surface area contributed by atoms with Crippen LogP contribution in [0.3, 0.4) is 0 Å². The molecule has 1 aliphatic carbocycles. The fourth-order valence-electron chi connectivity index (χ4n) is 2.88. The highest BCUT2D eigenvalue weighted by atomic mass is 35.5. The molecular formula is C12H15ClN4O. The minimum absolute atomic E-state index is 0.111. The topological polar surface area (TPSA) is 63.6 Å². The predicted octanol–water partition coefficient (Wildman–Crippen LogP) is 2.52. The predicted molar refractivity (Wildman–Crippen MR) is 69.8 cm³/mol. The van der Waals surface area contributed by atoms with Gasteiger partial charge in [0.25, 0.3) is 0 Å². The van der Waals surface area contributed by atoms with Crippen LogP contribution in [-0.2, 0) is 0 Å². The van der Waals surface area contributed by atoms with E-state index in [4.69, 9.17) is 11.6 Å². The Morgan fingerprint density at radius 2 is 2.22 bits per heavy atom. The molecule has 0 bridgehead atoms. The van der Waals surface area contributed by atoms with Crippen molar-refractivity contribution in [2.45, 2.75) is 38.6 Å². The molecule has 2 atom stereocenters. The number of rotatable bonds is 1. The fourth-order valence-corrected chi connectivity index (χ4v) is 3.01. The summed E-state index contributed by atoms with van der Waals surface area (Å²) in [7, 11) is 0. The number of hydrogen-bond donors (Lipinski definition) is 1. The number of aromatic nitrogens is 4. The van der Waals surface area contributed by atoms with Gasteiger partial charge in [-0.25, -0.2) is 9.78 Å². The third-order valence-corrected chi connectivity index (χ3v) is 4.01. The van der Waals surface area contributed by atoms with E-state index in [1.165, 1.54) is 6.42 Å². The molecule has 1 fully saturated rings. The van der Waals surface area contributed by atoms with E-state index in [0.717, 1.165) is 19.3 Å². The Labute approximate surface area is 109 Å². The van der Waals surface area contributed by atoms with Crippen molar-refractivity contribution in [1.82, 2.24) is 19.5 Å². The Bertz CT molecular complexity index is 633. The average Bonchev–Trinajstić information content (AvgIpc) is 2.66. The van der Waals surface area contributed by atoms with Gasteiger partial charge in [-0.3, -0.25) is 4.57 Å². The summed E-state index contributed by atoms with van der Waals surface area (Å²) in [5, 5.41) is 0.179. The van der Waals surface area contributed by atoms with Crippen molar-refractivity contribution < 1.29 is 0 Å². The van der Waals surface area contributed by atoms with Crippen LogP contribution in [-0.4, -0.2) is 19.5 Å². The first-order valence-electron chi connectivity index (χ1n) is 6.29. The van der Waals surface area contributed by atoms with E-state index >= 15 is 0 Å². The van der Waals surface area contributed by atoms with E-state index in [-0.39, 0.29) is 17.0 Å². The molecule has 0 amide bonds. The Balaban J connectivity index is 2.18. The van der Waals surface area contributed by atoms with Crippen molar-refractivity contribution in [3.05, 3.63) is 22.0 Å². The van der Waals surface area contributed by atoms with Gasteiger partial charge in [0, 0.05) is 6.04 Å². The molecular weight excluding hydrogens is 252 g/mol. The van der Waals surface area contributed by atoms with Crippen molar-refractivity contribution in [3.63, 3.8) is 0 Å². The zero-order chi connectivity index (χ0) is 12.7. The number of nitrogens with zero attached hydrogens (tertiary/aromatic N) is 3. The molecule has 0 radical (unpaired) electrons. The summed E-state index contributed by atoms with van der Waals surface area (Å²) < 4.78 is 1.76. The van der Waals surface area contributed by atoms with E-state index in [1.54, 1.807) is 10.8 Å². The van der Waals surface area contributed by atoms with E-state index in [9.17, 15) is 4.79 Å². The lowest BCUT2D eigenvalue weighted by atomic mass is 9.86. The smallest absolute Gasteiger partial charge is 0.303 e. The molecule has 0 aliphatic heterocycles. The highest BCUT2D eigenvalue weighted by Gasteiger charge is 2.26. The number of hydrogen-bond acceptors (Lipinski definition) is 3. The first-order chi connectivity index (χ1) is 8.66. The Hall–Kier alpha value is -1.36. The third-order valence-electron chi connectivity index (χ3n) is 3.83. The maximum atomic E-state index is 12.1. The quantitative estimate of drug-likeness (QED) is 0.807. The molecule has 1 N–H and O–H groups in total.